The molecule has 0 aliphatic carbocycles. The maximum atomic E-state index is 12.1. The topological polar surface area (TPSA) is 29.1 Å². The number of carbonyl (C=O) groups excluding carboxylic acids is 1. The van der Waals surface area contributed by atoms with Gasteiger partial charge in [0.15, 0.2) is 0 Å². The van der Waals surface area contributed by atoms with Crippen LogP contribution in [0.15, 0.2) is 18.2 Å². The molecule has 0 saturated carbocycles. The van der Waals surface area contributed by atoms with Gasteiger partial charge in [0, 0.05) is 5.69 Å². The molecule has 0 aromatic heterocycles. The molecular formula is C15H23NOS. The van der Waals surface area contributed by atoms with E-state index in [0.29, 0.717) is 5.92 Å². The summed E-state index contributed by atoms with van der Waals surface area (Å²) >= 11 is 4.36. The molecule has 0 saturated heterocycles. The van der Waals surface area contributed by atoms with Crippen molar-refractivity contribution in [2.24, 2.45) is 5.92 Å². The molecule has 0 aliphatic rings. The zero-order chi connectivity index (χ0) is 13.9. The summed E-state index contributed by atoms with van der Waals surface area (Å²) in [6.07, 6.45) is 0. The number of para-hydroxylation sites is 1. The zero-order valence-corrected chi connectivity index (χ0v) is 12.7. The van der Waals surface area contributed by atoms with E-state index in [1.54, 1.807) is 0 Å². The number of anilines is 1. The normalized spacial score (nSPS) is 12.9. The van der Waals surface area contributed by atoms with Crippen LogP contribution in [-0.4, -0.2) is 11.2 Å². The largest absolute Gasteiger partial charge is 0.325 e. The SMILES string of the molecule is Cc1cccc(C(C)C)c1NC(=O)C(S)C(C)C. The predicted molar refractivity (Wildman–Crippen MR) is 81.5 cm³/mol. The van der Waals surface area contributed by atoms with E-state index in [2.05, 4.69) is 37.9 Å². The van der Waals surface area contributed by atoms with Crippen LogP contribution in [0.2, 0.25) is 0 Å². The second-order valence-corrected chi connectivity index (χ2v) is 5.93. The van der Waals surface area contributed by atoms with E-state index >= 15 is 0 Å². The number of amides is 1. The molecule has 0 aliphatic heterocycles. The number of benzene rings is 1. The molecule has 18 heavy (non-hydrogen) atoms. The van der Waals surface area contributed by atoms with Gasteiger partial charge >= 0.3 is 0 Å². The average molecular weight is 265 g/mol. The van der Waals surface area contributed by atoms with Gasteiger partial charge in [-0.3, -0.25) is 4.79 Å². The van der Waals surface area contributed by atoms with Crippen molar-refractivity contribution in [3.05, 3.63) is 29.3 Å². The molecule has 1 atom stereocenters. The first kappa shape index (κ1) is 15.1. The van der Waals surface area contributed by atoms with Crippen LogP contribution in [0.3, 0.4) is 0 Å². The number of nitrogens with one attached hydrogen (secondary N) is 1. The van der Waals surface area contributed by atoms with Gasteiger partial charge in [-0.2, -0.15) is 12.6 Å². The summed E-state index contributed by atoms with van der Waals surface area (Å²) in [6.45, 7) is 10.3. The summed E-state index contributed by atoms with van der Waals surface area (Å²) in [4.78, 5) is 12.1. The second kappa shape index (κ2) is 6.28. The van der Waals surface area contributed by atoms with Gasteiger partial charge in [0.25, 0.3) is 0 Å². The van der Waals surface area contributed by atoms with Crippen LogP contribution in [0.1, 0.15) is 44.7 Å². The molecule has 0 fully saturated rings. The van der Waals surface area contributed by atoms with E-state index in [4.69, 9.17) is 0 Å². The molecule has 100 valence electrons. The van der Waals surface area contributed by atoms with Crippen molar-refractivity contribution in [1.82, 2.24) is 0 Å². The highest BCUT2D eigenvalue weighted by Gasteiger charge is 2.20. The highest BCUT2D eigenvalue weighted by atomic mass is 32.1. The maximum absolute atomic E-state index is 12.1. The summed E-state index contributed by atoms with van der Waals surface area (Å²) in [6, 6.07) is 6.11. The Labute approximate surface area is 116 Å². The van der Waals surface area contributed by atoms with Crippen LogP contribution >= 0.6 is 12.6 Å². The Balaban J connectivity index is 3.00. The molecule has 1 amide bonds. The Morgan fingerprint density at radius 1 is 1.22 bits per heavy atom. The monoisotopic (exact) mass is 265 g/mol. The van der Waals surface area contributed by atoms with Crippen LogP contribution in [0.5, 0.6) is 0 Å². The third kappa shape index (κ3) is 3.52. The van der Waals surface area contributed by atoms with Gasteiger partial charge in [-0.1, -0.05) is 45.9 Å². The lowest BCUT2D eigenvalue weighted by Gasteiger charge is -2.19. The number of rotatable bonds is 4. The average Bonchev–Trinajstić information content (AvgIpc) is 2.30. The van der Waals surface area contributed by atoms with Gasteiger partial charge in [-0.05, 0) is 29.9 Å². The minimum absolute atomic E-state index is 0.0236. The van der Waals surface area contributed by atoms with E-state index in [0.717, 1.165) is 11.3 Å². The van der Waals surface area contributed by atoms with Crippen molar-refractivity contribution in [3.63, 3.8) is 0 Å². The van der Waals surface area contributed by atoms with Crippen molar-refractivity contribution in [1.29, 1.82) is 0 Å². The molecule has 0 spiro atoms. The lowest BCUT2D eigenvalue weighted by atomic mass is 9.98. The lowest BCUT2D eigenvalue weighted by Crippen LogP contribution is -2.28. The molecule has 1 N–H and O–H groups in total. The van der Waals surface area contributed by atoms with E-state index in [9.17, 15) is 4.79 Å². The maximum Gasteiger partial charge on any atom is 0.237 e. The smallest absolute Gasteiger partial charge is 0.237 e. The fraction of sp³-hybridized carbons (Fsp3) is 0.533. The Bertz CT molecular complexity index is 427. The summed E-state index contributed by atoms with van der Waals surface area (Å²) in [5.74, 6) is 0.585. The first-order valence-electron chi connectivity index (χ1n) is 6.43. The quantitative estimate of drug-likeness (QED) is 0.791. The molecule has 2 nitrogen and oxygen atoms in total. The molecule has 1 unspecified atom stereocenters. The number of hydrogen-bond donors (Lipinski definition) is 2. The fourth-order valence-electron chi connectivity index (χ4n) is 1.84. The van der Waals surface area contributed by atoms with E-state index in [1.807, 2.05) is 32.9 Å². The Hall–Kier alpha value is -0.960. The second-order valence-electron chi connectivity index (χ2n) is 5.37. The van der Waals surface area contributed by atoms with Crippen molar-refractivity contribution < 1.29 is 4.79 Å². The zero-order valence-electron chi connectivity index (χ0n) is 11.8. The number of aryl methyl sites for hydroxylation is 1. The van der Waals surface area contributed by atoms with Gasteiger partial charge in [-0.15, -0.1) is 0 Å². The lowest BCUT2D eigenvalue weighted by molar-refractivity contribution is -0.116. The summed E-state index contributed by atoms with van der Waals surface area (Å²) in [5.41, 5.74) is 3.21. The molecule has 3 heteroatoms. The van der Waals surface area contributed by atoms with Crippen molar-refractivity contribution in [3.8, 4) is 0 Å². The Morgan fingerprint density at radius 2 is 1.83 bits per heavy atom. The molecule has 1 rings (SSSR count). The van der Waals surface area contributed by atoms with E-state index in [-0.39, 0.29) is 17.1 Å². The van der Waals surface area contributed by atoms with Crippen LogP contribution in [-0.2, 0) is 4.79 Å². The summed E-state index contributed by atoms with van der Waals surface area (Å²) in [7, 11) is 0. The molecule has 1 aromatic rings. The first-order chi connectivity index (χ1) is 8.34. The van der Waals surface area contributed by atoms with Crippen LogP contribution in [0.4, 0.5) is 5.69 Å². The van der Waals surface area contributed by atoms with E-state index in [1.165, 1.54) is 5.56 Å². The first-order valence-corrected chi connectivity index (χ1v) is 6.94. The van der Waals surface area contributed by atoms with Crippen LogP contribution in [0.25, 0.3) is 0 Å². The summed E-state index contributed by atoms with van der Waals surface area (Å²) in [5, 5.41) is 2.75. The molecule has 1 aromatic carbocycles. The number of thiol groups is 1. The highest BCUT2D eigenvalue weighted by molar-refractivity contribution is 7.81. The number of hydrogen-bond acceptors (Lipinski definition) is 2. The molecule has 0 radical (unpaired) electrons. The minimum atomic E-state index is -0.274. The Morgan fingerprint density at radius 3 is 2.33 bits per heavy atom. The summed E-state index contributed by atoms with van der Waals surface area (Å²) < 4.78 is 0. The third-order valence-corrected chi connectivity index (χ3v) is 3.91. The number of carbonyl (C=O) groups is 1. The van der Waals surface area contributed by atoms with Crippen molar-refractivity contribution in [2.45, 2.75) is 45.8 Å². The van der Waals surface area contributed by atoms with Crippen LogP contribution < -0.4 is 5.32 Å². The predicted octanol–water partition coefficient (Wildman–Crippen LogP) is 4.01. The fourth-order valence-corrected chi connectivity index (χ4v) is 1.91. The highest BCUT2D eigenvalue weighted by Crippen LogP contribution is 2.28. The molecular weight excluding hydrogens is 242 g/mol. The van der Waals surface area contributed by atoms with E-state index < -0.39 is 0 Å². The van der Waals surface area contributed by atoms with Crippen LogP contribution in [0, 0.1) is 12.8 Å². The van der Waals surface area contributed by atoms with Gasteiger partial charge < -0.3 is 5.32 Å². The molecule has 0 heterocycles. The van der Waals surface area contributed by atoms with Gasteiger partial charge in [0.1, 0.15) is 0 Å². The Kier molecular flexibility index (Phi) is 5.27. The third-order valence-electron chi connectivity index (χ3n) is 3.08. The van der Waals surface area contributed by atoms with Gasteiger partial charge in [-0.25, -0.2) is 0 Å². The van der Waals surface area contributed by atoms with Crippen molar-refractivity contribution >= 4 is 24.2 Å². The molecule has 0 bridgehead atoms. The van der Waals surface area contributed by atoms with Gasteiger partial charge in [0.05, 0.1) is 5.25 Å². The van der Waals surface area contributed by atoms with Crippen molar-refractivity contribution in [2.75, 3.05) is 5.32 Å². The standard InChI is InChI=1S/C15H23NOS/c1-9(2)12-8-6-7-11(5)13(12)16-15(17)14(18)10(3)4/h6-10,14,18H,1-5H3,(H,16,17). The minimum Gasteiger partial charge on any atom is -0.325 e. The van der Waals surface area contributed by atoms with Gasteiger partial charge in [0.2, 0.25) is 5.91 Å².